The van der Waals surface area contributed by atoms with Crippen molar-refractivity contribution in [1.29, 1.82) is 0 Å². The molecule has 2 aliphatic rings. The first-order valence-corrected chi connectivity index (χ1v) is 19.5. The molecule has 4 N–H and O–H groups in total. The second-order valence-electron chi connectivity index (χ2n) is 14.3. The smallest absolute Gasteiger partial charge is 0.407 e. The van der Waals surface area contributed by atoms with Gasteiger partial charge in [-0.25, -0.2) is 14.0 Å². The average Bonchev–Trinajstić information content (AvgIpc) is 3.94. The average molecular weight is 802 g/mol. The van der Waals surface area contributed by atoms with Crippen LogP contribution in [0.3, 0.4) is 0 Å². The zero-order valence-electron chi connectivity index (χ0n) is 33.3. The Kier molecular flexibility index (Phi) is 15.0. The number of hydrogen-bond donors (Lipinski definition) is 4. The van der Waals surface area contributed by atoms with Crippen LogP contribution in [-0.4, -0.2) is 97.1 Å². The number of hydrogen-bond acceptors (Lipinski definition) is 9. The van der Waals surface area contributed by atoms with E-state index >= 15 is 0 Å². The lowest BCUT2D eigenvalue weighted by Crippen LogP contribution is -2.52. The van der Waals surface area contributed by atoms with E-state index in [0.29, 0.717) is 76.1 Å². The predicted octanol–water partition coefficient (Wildman–Crippen LogP) is 5.16. The molecule has 0 radical (unpaired) electrons. The number of likely N-dealkylation sites (tertiary alicyclic amines) is 2. The highest BCUT2D eigenvalue weighted by Gasteiger charge is 2.38. The normalized spacial score (nSPS) is 17.1. The largest absolute Gasteiger partial charge is 0.453 e. The van der Waals surface area contributed by atoms with E-state index in [1.807, 2.05) is 24.3 Å². The minimum Gasteiger partial charge on any atom is -0.453 e. The first-order valence-electron chi connectivity index (χ1n) is 19.5. The Morgan fingerprint density at radius 1 is 0.655 bits per heavy atom. The summed E-state index contributed by atoms with van der Waals surface area (Å²) in [5.41, 5.74) is 3.75. The number of anilines is 3. The number of carbonyl (C=O) groups is 6. The molecule has 4 unspecified atom stereocenters. The second-order valence-corrected chi connectivity index (χ2v) is 14.3. The van der Waals surface area contributed by atoms with Crippen LogP contribution in [0.5, 0.6) is 0 Å². The van der Waals surface area contributed by atoms with Crippen LogP contribution >= 0.6 is 0 Å². The number of methoxy groups -OCH3 is 2. The van der Waals surface area contributed by atoms with Crippen LogP contribution in [0, 0.1) is 5.82 Å². The zero-order chi connectivity index (χ0) is 41.8. The van der Waals surface area contributed by atoms with Crippen molar-refractivity contribution in [2.24, 2.45) is 0 Å². The molecule has 4 atom stereocenters. The molecule has 3 aromatic rings. The molecule has 15 nitrogen and oxygen atoms in total. The summed E-state index contributed by atoms with van der Waals surface area (Å²) < 4.78 is 23.2. The maximum atomic E-state index is 13.9. The van der Waals surface area contributed by atoms with E-state index in [1.165, 1.54) is 36.2 Å². The lowest BCUT2D eigenvalue weighted by molar-refractivity contribution is -0.138. The van der Waals surface area contributed by atoms with Gasteiger partial charge in [-0.2, -0.15) is 0 Å². The third-order valence-electron chi connectivity index (χ3n) is 10.4. The Morgan fingerprint density at radius 2 is 1.05 bits per heavy atom. The minimum absolute atomic E-state index is 0.314. The van der Waals surface area contributed by atoms with Gasteiger partial charge in [0.1, 0.15) is 30.0 Å². The molecule has 0 saturated carbocycles. The van der Waals surface area contributed by atoms with Gasteiger partial charge >= 0.3 is 12.2 Å². The fourth-order valence-corrected chi connectivity index (χ4v) is 7.25. The van der Waals surface area contributed by atoms with E-state index in [1.54, 1.807) is 50.2 Å². The summed E-state index contributed by atoms with van der Waals surface area (Å²) in [5.74, 6) is -1.65. The van der Waals surface area contributed by atoms with E-state index in [9.17, 15) is 33.2 Å². The van der Waals surface area contributed by atoms with Gasteiger partial charge in [0.25, 0.3) is 0 Å². The molecule has 58 heavy (non-hydrogen) atoms. The molecule has 2 heterocycles. The van der Waals surface area contributed by atoms with Gasteiger partial charge in [-0.3, -0.25) is 19.2 Å². The van der Waals surface area contributed by atoms with Crippen LogP contribution < -0.4 is 26.2 Å². The van der Waals surface area contributed by atoms with Crippen LogP contribution in [-0.2, 0) is 41.7 Å². The van der Waals surface area contributed by atoms with Crippen molar-refractivity contribution in [2.45, 2.75) is 89.6 Å². The number of benzene rings is 3. The summed E-state index contributed by atoms with van der Waals surface area (Å²) in [4.78, 5) is 81.8. The highest BCUT2D eigenvalue weighted by Crippen LogP contribution is 2.25. The Balaban J connectivity index is 1.21. The van der Waals surface area contributed by atoms with Crippen LogP contribution in [0.1, 0.15) is 63.5 Å². The summed E-state index contributed by atoms with van der Waals surface area (Å²) in [7, 11) is 2.45. The first-order chi connectivity index (χ1) is 27.9. The number of rotatable bonds is 15. The van der Waals surface area contributed by atoms with Gasteiger partial charge in [0.15, 0.2) is 0 Å². The van der Waals surface area contributed by atoms with Crippen LogP contribution in [0.2, 0.25) is 0 Å². The number of ether oxygens (including phenoxy) is 2. The topological polar surface area (TPSA) is 179 Å². The molecule has 3 aromatic carbocycles. The summed E-state index contributed by atoms with van der Waals surface area (Å²) in [6, 6.07) is 18.0. The number of carbonyl (C=O) groups excluding carboxylic acids is 6. The van der Waals surface area contributed by atoms with Gasteiger partial charge in [-0.1, -0.05) is 38.1 Å². The van der Waals surface area contributed by atoms with Crippen molar-refractivity contribution < 1.29 is 42.6 Å². The Hall–Kier alpha value is -6.19. The van der Waals surface area contributed by atoms with Crippen molar-refractivity contribution in [3.8, 4) is 0 Å². The monoisotopic (exact) mass is 801 g/mol. The minimum atomic E-state index is -0.798. The fourth-order valence-electron chi connectivity index (χ4n) is 7.25. The lowest BCUT2D eigenvalue weighted by atomic mass is 10.1. The molecule has 0 spiro atoms. The van der Waals surface area contributed by atoms with Crippen molar-refractivity contribution in [2.75, 3.05) is 42.8 Å². The maximum absolute atomic E-state index is 13.9. The van der Waals surface area contributed by atoms with Gasteiger partial charge in [0.2, 0.25) is 23.6 Å². The molecule has 16 heteroatoms. The molecular weight excluding hydrogens is 750 g/mol. The maximum Gasteiger partial charge on any atom is 0.407 e. The van der Waals surface area contributed by atoms with E-state index in [4.69, 9.17) is 0 Å². The number of nitrogens with zero attached hydrogens (tertiary/aromatic N) is 3. The number of alkyl carbamates (subject to hydrolysis) is 2. The Morgan fingerprint density at radius 3 is 1.41 bits per heavy atom. The Bertz CT molecular complexity index is 1800. The summed E-state index contributed by atoms with van der Waals surface area (Å²) in [6.45, 7) is 5.26. The van der Waals surface area contributed by atoms with Crippen LogP contribution in [0.4, 0.5) is 31.0 Å². The molecule has 0 aromatic heterocycles. The molecule has 310 valence electrons. The number of nitrogens with one attached hydrogen (secondary N) is 4. The van der Waals surface area contributed by atoms with E-state index in [0.717, 1.165) is 16.8 Å². The third kappa shape index (κ3) is 11.0. The van der Waals surface area contributed by atoms with E-state index in [-0.39, 0.29) is 29.4 Å². The highest BCUT2D eigenvalue weighted by atomic mass is 19.1. The molecular formula is C42H52FN7O8. The summed E-state index contributed by atoms with van der Waals surface area (Å²) in [5, 5.41) is 10.9. The quantitative estimate of drug-likeness (QED) is 0.162. The molecule has 2 aliphatic heterocycles. The van der Waals surface area contributed by atoms with Gasteiger partial charge < -0.3 is 45.4 Å². The summed E-state index contributed by atoms with van der Waals surface area (Å²) in [6.07, 6.45) is 1.61. The van der Waals surface area contributed by atoms with E-state index in [2.05, 4.69) is 35.6 Å². The molecule has 2 fully saturated rings. The van der Waals surface area contributed by atoms with Gasteiger partial charge in [0.05, 0.1) is 14.2 Å². The second kappa shape index (κ2) is 20.3. The Labute approximate surface area is 337 Å². The molecule has 2 saturated heterocycles. The van der Waals surface area contributed by atoms with Crippen molar-refractivity contribution >= 4 is 52.9 Å². The van der Waals surface area contributed by atoms with Crippen molar-refractivity contribution in [1.82, 2.24) is 20.4 Å². The molecule has 5 rings (SSSR count). The van der Waals surface area contributed by atoms with Crippen molar-refractivity contribution in [3.63, 3.8) is 0 Å². The SMILES string of the molecule is CCC(NC(=O)OC)C(=O)N1CCCC1C(=O)Nc1ccc(CN(Cc2ccc(NC(=O)C3CCCN3C(=O)C(CC)NC(=O)OC)cc2)c2ccc(F)cc2)cc1. The molecule has 0 bridgehead atoms. The van der Waals surface area contributed by atoms with Gasteiger partial charge in [-0.15, -0.1) is 0 Å². The van der Waals surface area contributed by atoms with E-state index < -0.39 is 36.4 Å². The zero-order valence-corrected chi connectivity index (χ0v) is 33.3. The van der Waals surface area contributed by atoms with Crippen LogP contribution in [0.25, 0.3) is 0 Å². The van der Waals surface area contributed by atoms with Crippen LogP contribution in [0.15, 0.2) is 72.8 Å². The molecule has 0 aliphatic carbocycles. The fraction of sp³-hybridized carbons (Fsp3) is 0.429. The highest BCUT2D eigenvalue weighted by molar-refractivity contribution is 5.99. The predicted molar refractivity (Wildman–Crippen MR) is 215 cm³/mol. The third-order valence-corrected chi connectivity index (χ3v) is 10.4. The van der Waals surface area contributed by atoms with Gasteiger partial charge in [0, 0.05) is 43.2 Å². The number of halogens is 1. The first kappa shape index (κ1) is 42.9. The van der Waals surface area contributed by atoms with Crippen molar-refractivity contribution in [3.05, 3.63) is 89.7 Å². The number of amides is 6. The van der Waals surface area contributed by atoms with Gasteiger partial charge in [-0.05, 0) is 98.2 Å². The summed E-state index contributed by atoms with van der Waals surface area (Å²) >= 11 is 0. The standard InChI is InChI=1S/C42H52FN7O8/c1-5-33(46-41(55)57-3)39(53)49-23-7-9-35(49)37(51)44-30-17-11-27(12-18-30)25-48(32-21-15-29(43)16-22-32)26-28-13-19-31(20-14-28)45-38(52)36-10-8-24-50(36)40(54)34(6-2)47-42(56)58-4/h11-22,33-36H,5-10,23-26H2,1-4H3,(H,44,51)(H,45,52)(H,46,55)(H,47,56). The molecule has 6 amide bonds. The lowest BCUT2D eigenvalue weighted by Gasteiger charge is -2.28.